The van der Waals surface area contributed by atoms with E-state index in [0.717, 1.165) is 53.8 Å². The number of hydrogen-bond donors (Lipinski definition) is 1. The lowest BCUT2D eigenvalue weighted by Gasteiger charge is -2.09. The molecule has 3 heteroatoms. The Morgan fingerprint density at radius 1 is 1.05 bits per heavy atom. The fourth-order valence-electron chi connectivity index (χ4n) is 2.28. The molecule has 0 spiro atoms. The van der Waals surface area contributed by atoms with Gasteiger partial charge in [-0.05, 0) is 54.3 Å². The molecular formula is C17H21ClO2. The van der Waals surface area contributed by atoms with Crippen LogP contribution in [0, 0.1) is 6.92 Å². The number of unbranched alkanes of at least 4 members (excludes halogenated alkanes) is 3. The molecular weight excluding hydrogens is 272 g/mol. The van der Waals surface area contributed by atoms with Gasteiger partial charge in [-0.25, -0.2) is 0 Å². The molecule has 0 atom stereocenters. The first kappa shape index (κ1) is 15.0. The maximum absolute atomic E-state index is 9.69. The van der Waals surface area contributed by atoms with Gasteiger partial charge in [0, 0.05) is 5.88 Å². The van der Waals surface area contributed by atoms with Gasteiger partial charge in [-0.15, -0.1) is 11.6 Å². The molecule has 2 rings (SSSR count). The van der Waals surface area contributed by atoms with E-state index in [0.29, 0.717) is 5.75 Å². The van der Waals surface area contributed by atoms with Crippen LogP contribution in [0.15, 0.2) is 30.3 Å². The van der Waals surface area contributed by atoms with Crippen LogP contribution < -0.4 is 4.74 Å². The Hall–Kier alpha value is -1.41. The molecule has 2 aromatic rings. The van der Waals surface area contributed by atoms with E-state index < -0.39 is 0 Å². The van der Waals surface area contributed by atoms with Crippen molar-refractivity contribution in [2.24, 2.45) is 0 Å². The minimum absolute atomic E-state index is 0.338. The lowest BCUT2D eigenvalue weighted by molar-refractivity contribution is 0.305. The van der Waals surface area contributed by atoms with E-state index in [1.54, 1.807) is 6.07 Å². The Morgan fingerprint density at radius 2 is 1.85 bits per heavy atom. The normalized spacial score (nSPS) is 10.9. The summed E-state index contributed by atoms with van der Waals surface area (Å²) >= 11 is 5.64. The smallest absolute Gasteiger partial charge is 0.119 e. The van der Waals surface area contributed by atoms with Crippen LogP contribution in [-0.2, 0) is 0 Å². The number of phenolic OH excluding ortho intramolecular Hbond substituents is 1. The summed E-state index contributed by atoms with van der Waals surface area (Å²) in [5.74, 6) is 1.97. The summed E-state index contributed by atoms with van der Waals surface area (Å²) in [6.07, 6.45) is 4.47. The zero-order valence-electron chi connectivity index (χ0n) is 11.9. The second-order valence-corrected chi connectivity index (χ2v) is 5.42. The van der Waals surface area contributed by atoms with Gasteiger partial charge >= 0.3 is 0 Å². The molecule has 0 saturated carbocycles. The number of rotatable bonds is 7. The van der Waals surface area contributed by atoms with Gasteiger partial charge in [0.15, 0.2) is 0 Å². The van der Waals surface area contributed by atoms with E-state index in [1.165, 1.54) is 6.42 Å². The van der Waals surface area contributed by atoms with Crippen molar-refractivity contribution in [1.29, 1.82) is 0 Å². The molecule has 0 aliphatic carbocycles. The summed E-state index contributed by atoms with van der Waals surface area (Å²) in [5.41, 5.74) is 0.912. The average Bonchev–Trinajstić information content (AvgIpc) is 2.47. The van der Waals surface area contributed by atoms with Crippen LogP contribution in [0.2, 0.25) is 0 Å². The Labute approximate surface area is 125 Å². The van der Waals surface area contributed by atoms with E-state index in [4.69, 9.17) is 16.3 Å². The molecule has 0 aliphatic heterocycles. The maximum Gasteiger partial charge on any atom is 0.119 e. The second-order valence-electron chi connectivity index (χ2n) is 5.04. The van der Waals surface area contributed by atoms with Gasteiger partial charge in [-0.1, -0.05) is 25.0 Å². The Morgan fingerprint density at radius 3 is 2.65 bits per heavy atom. The minimum Gasteiger partial charge on any atom is -0.508 e. The zero-order chi connectivity index (χ0) is 14.4. The quantitative estimate of drug-likeness (QED) is 0.573. The number of fused-ring (bicyclic) bond motifs is 1. The van der Waals surface area contributed by atoms with Gasteiger partial charge in [0.2, 0.25) is 0 Å². The van der Waals surface area contributed by atoms with E-state index in [2.05, 4.69) is 0 Å². The monoisotopic (exact) mass is 292 g/mol. The van der Waals surface area contributed by atoms with Crippen LogP contribution in [0.5, 0.6) is 11.5 Å². The largest absolute Gasteiger partial charge is 0.508 e. The van der Waals surface area contributed by atoms with Crippen molar-refractivity contribution in [3.05, 3.63) is 35.9 Å². The number of ether oxygens (including phenoxy) is 1. The number of benzene rings is 2. The Bertz CT molecular complexity index is 566. The van der Waals surface area contributed by atoms with Crippen molar-refractivity contribution in [1.82, 2.24) is 0 Å². The third kappa shape index (κ3) is 3.80. The summed E-state index contributed by atoms with van der Waals surface area (Å²) < 4.78 is 5.77. The van der Waals surface area contributed by atoms with Crippen molar-refractivity contribution in [3.63, 3.8) is 0 Å². The number of aryl methyl sites for hydroxylation is 1. The third-order valence-electron chi connectivity index (χ3n) is 3.53. The van der Waals surface area contributed by atoms with Gasteiger partial charge in [-0.3, -0.25) is 0 Å². The van der Waals surface area contributed by atoms with Crippen molar-refractivity contribution in [2.75, 3.05) is 12.5 Å². The molecule has 0 unspecified atom stereocenters. The minimum atomic E-state index is 0.338. The van der Waals surface area contributed by atoms with Crippen LogP contribution in [0.4, 0.5) is 0 Å². The Balaban J connectivity index is 1.93. The molecule has 2 nitrogen and oxygen atoms in total. The summed E-state index contributed by atoms with van der Waals surface area (Å²) in [5, 5.41) is 11.9. The zero-order valence-corrected chi connectivity index (χ0v) is 12.6. The van der Waals surface area contributed by atoms with Gasteiger partial charge in [-0.2, -0.15) is 0 Å². The lowest BCUT2D eigenvalue weighted by Crippen LogP contribution is -1.97. The van der Waals surface area contributed by atoms with Crippen molar-refractivity contribution < 1.29 is 9.84 Å². The van der Waals surface area contributed by atoms with E-state index >= 15 is 0 Å². The van der Waals surface area contributed by atoms with Crippen LogP contribution in [0.25, 0.3) is 10.8 Å². The summed E-state index contributed by atoms with van der Waals surface area (Å²) in [7, 11) is 0. The van der Waals surface area contributed by atoms with Crippen molar-refractivity contribution in [2.45, 2.75) is 32.6 Å². The molecule has 0 saturated heterocycles. The standard InChI is InChI=1S/C17H21ClO2/c1-13-16-8-7-15(12-14(16)6-9-17(13)19)20-11-5-3-2-4-10-18/h6-9,12,19H,2-5,10-11H2,1H3. The molecule has 0 aliphatic rings. The SMILES string of the molecule is Cc1c(O)ccc2cc(OCCCCCCCl)ccc12. The second kappa shape index (κ2) is 7.39. The maximum atomic E-state index is 9.69. The van der Waals surface area contributed by atoms with E-state index in [-0.39, 0.29) is 0 Å². The molecule has 0 heterocycles. The highest BCUT2D eigenvalue weighted by molar-refractivity contribution is 6.17. The first-order chi connectivity index (χ1) is 9.72. The predicted molar refractivity (Wildman–Crippen MR) is 85.0 cm³/mol. The first-order valence-electron chi connectivity index (χ1n) is 7.13. The third-order valence-corrected chi connectivity index (χ3v) is 3.80. The number of aromatic hydroxyl groups is 1. The fraction of sp³-hybridized carbons (Fsp3) is 0.412. The molecule has 0 bridgehead atoms. The van der Waals surface area contributed by atoms with Gasteiger partial charge in [0.1, 0.15) is 11.5 Å². The summed E-state index contributed by atoms with van der Waals surface area (Å²) in [6, 6.07) is 9.65. The van der Waals surface area contributed by atoms with Gasteiger partial charge < -0.3 is 9.84 Å². The predicted octanol–water partition coefficient (Wildman–Crippen LogP) is 5.03. The summed E-state index contributed by atoms with van der Waals surface area (Å²) in [4.78, 5) is 0. The molecule has 0 fully saturated rings. The number of hydrogen-bond acceptors (Lipinski definition) is 2. The molecule has 1 N–H and O–H groups in total. The highest BCUT2D eigenvalue weighted by atomic mass is 35.5. The number of phenols is 1. The van der Waals surface area contributed by atoms with Crippen LogP contribution in [0.1, 0.15) is 31.2 Å². The molecule has 20 heavy (non-hydrogen) atoms. The first-order valence-corrected chi connectivity index (χ1v) is 7.67. The van der Waals surface area contributed by atoms with E-state index in [1.807, 2.05) is 31.2 Å². The van der Waals surface area contributed by atoms with Gasteiger partial charge in [0.05, 0.1) is 6.61 Å². The van der Waals surface area contributed by atoms with Gasteiger partial charge in [0.25, 0.3) is 0 Å². The van der Waals surface area contributed by atoms with Crippen molar-refractivity contribution in [3.8, 4) is 11.5 Å². The number of halogens is 1. The molecule has 0 amide bonds. The van der Waals surface area contributed by atoms with E-state index in [9.17, 15) is 5.11 Å². The van der Waals surface area contributed by atoms with Crippen molar-refractivity contribution >= 4 is 22.4 Å². The average molecular weight is 293 g/mol. The molecule has 0 radical (unpaired) electrons. The molecule has 0 aromatic heterocycles. The fourth-order valence-corrected chi connectivity index (χ4v) is 2.47. The summed E-state index contributed by atoms with van der Waals surface area (Å²) in [6.45, 7) is 2.67. The topological polar surface area (TPSA) is 29.5 Å². The van der Waals surface area contributed by atoms with Crippen LogP contribution >= 0.6 is 11.6 Å². The molecule has 2 aromatic carbocycles. The highest BCUT2D eigenvalue weighted by Crippen LogP contribution is 2.29. The lowest BCUT2D eigenvalue weighted by atomic mass is 10.0. The number of alkyl halides is 1. The Kier molecular flexibility index (Phi) is 5.54. The van der Waals surface area contributed by atoms with Crippen LogP contribution in [-0.4, -0.2) is 17.6 Å². The highest BCUT2D eigenvalue weighted by Gasteiger charge is 2.03. The van der Waals surface area contributed by atoms with Crippen LogP contribution in [0.3, 0.4) is 0 Å². The molecule has 108 valence electrons.